The van der Waals surface area contributed by atoms with Crippen LogP contribution in [0.25, 0.3) is 0 Å². The van der Waals surface area contributed by atoms with Crippen LogP contribution in [-0.4, -0.2) is 24.0 Å². The first-order valence-electron chi connectivity index (χ1n) is 12.1. The first kappa shape index (κ1) is 27.2. The second kappa shape index (κ2) is 13.0. The number of carbonyl (C=O) groups is 2. The van der Waals surface area contributed by atoms with E-state index in [1.165, 1.54) is 19.2 Å². The van der Waals surface area contributed by atoms with Gasteiger partial charge in [-0.15, -0.1) is 0 Å². The molecule has 0 saturated carbocycles. The Balaban J connectivity index is 1.75. The van der Waals surface area contributed by atoms with Crippen LogP contribution >= 0.6 is 0 Å². The monoisotopic (exact) mass is 495 g/mol. The number of hydrogen-bond donors (Lipinski definition) is 2. The van der Waals surface area contributed by atoms with Gasteiger partial charge in [0.2, 0.25) is 5.91 Å². The van der Waals surface area contributed by atoms with Crippen molar-refractivity contribution in [3.8, 4) is 0 Å². The van der Waals surface area contributed by atoms with Crippen molar-refractivity contribution < 1.29 is 28.3 Å². The van der Waals surface area contributed by atoms with Gasteiger partial charge in [-0.2, -0.15) is 0 Å². The standard InChI is InChI=1S/C29H31F2NO4/c1-36-29(23-11-7-9-13-25(23)30,24-12-8-10-14-26(24)31)22-19-17-21(18-20-22)27(33)15-5-3-2-4-6-16-28(34)32-35/h7-14,17-20,35H,2-6,15-16H2,1H3,(H,32,34). The lowest BCUT2D eigenvalue weighted by molar-refractivity contribution is -0.129. The summed E-state index contributed by atoms with van der Waals surface area (Å²) in [4.78, 5) is 23.7. The van der Waals surface area contributed by atoms with Crippen LogP contribution in [0.4, 0.5) is 8.78 Å². The molecular formula is C29H31F2NO4. The van der Waals surface area contributed by atoms with Gasteiger partial charge in [0, 0.05) is 36.6 Å². The maximum Gasteiger partial charge on any atom is 0.243 e. The van der Waals surface area contributed by atoms with Crippen molar-refractivity contribution >= 4 is 11.7 Å². The molecule has 0 heterocycles. The molecule has 0 aliphatic rings. The predicted octanol–water partition coefficient (Wildman–Crippen LogP) is 6.32. The molecule has 0 saturated heterocycles. The number of hydrogen-bond acceptors (Lipinski definition) is 4. The highest BCUT2D eigenvalue weighted by molar-refractivity contribution is 5.96. The number of halogens is 2. The summed E-state index contributed by atoms with van der Waals surface area (Å²) >= 11 is 0. The molecule has 0 aliphatic heterocycles. The molecule has 0 bridgehead atoms. The lowest BCUT2D eigenvalue weighted by Crippen LogP contribution is -2.33. The van der Waals surface area contributed by atoms with E-state index in [0.717, 1.165) is 25.7 Å². The summed E-state index contributed by atoms with van der Waals surface area (Å²) in [7, 11) is 1.41. The Morgan fingerprint density at radius 3 is 1.78 bits per heavy atom. The number of benzene rings is 3. The minimum Gasteiger partial charge on any atom is -0.364 e. The molecule has 0 atom stereocenters. The molecule has 190 valence electrons. The smallest absolute Gasteiger partial charge is 0.243 e. The van der Waals surface area contributed by atoms with Crippen LogP contribution in [0, 0.1) is 11.6 Å². The summed E-state index contributed by atoms with van der Waals surface area (Å²) in [5, 5.41) is 8.48. The normalized spacial score (nSPS) is 11.3. The van der Waals surface area contributed by atoms with Crippen molar-refractivity contribution in [1.29, 1.82) is 0 Å². The zero-order chi connectivity index (χ0) is 26.0. The fourth-order valence-corrected chi connectivity index (χ4v) is 4.48. The van der Waals surface area contributed by atoms with Gasteiger partial charge in [0.25, 0.3) is 0 Å². The van der Waals surface area contributed by atoms with Gasteiger partial charge in [0.1, 0.15) is 17.2 Å². The maximum atomic E-state index is 15.0. The van der Waals surface area contributed by atoms with Crippen molar-refractivity contribution in [2.45, 2.75) is 50.5 Å². The molecule has 3 aromatic carbocycles. The molecule has 0 aliphatic carbocycles. The van der Waals surface area contributed by atoms with E-state index < -0.39 is 23.1 Å². The summed E-state index contributed by atoms with van der Waals surface area (Å²) in [5.74, 6) is -1.46. The molecule has 2 N–H and O–H groups in total. The zero-order valence-corrected chi connectivity index (χ0v) is 20.3. The number of ketones is 1. The van der Waals surface area contributed by atoms with Gasteiger partial charge in [-0.05, 0) is 30.5 Å². The number of hydroxylamine groups is 1. The van der Waals surface area contributed by atoms with Gasteiger partial charge in [0.05, 0.1) is 0 Å². The van der Waals surface area contributed by atoms with Gasteiger partial charge in [-0.1, -0.05) is 79.9 Å². The number of amides is 1. The molecule has 0 radical (unpaired) electrons. The minimum absolute atomic E-state index is 0.0130. The van der Waals surface area contributed by atoms with Crippen LogP contribution in [0.1, 0.15) is 72.0 Å². The zero-order valence-electron chi connectivity index (χ0n) is 20.3. The van der Waals surface area contributed by atoms with Crippen LogP contribution < -0.4 is 5.48 Å². The van der Waals surface area contributed by atoms with Crippen molar-refractivity contribution in [2.75, 3.05) is 7.11 Å². The highest BCUT2D eigenvalue weighted by Gasteiger charge is 2.40. The second-order valence-corrected chi connectivity index (χ2v) is 8.65. The first-order valence-corrected chi connectivity index (χ1v) is 12.1. The lowest BCUT2D eigenvalue weighted by atomic mass is 9.79. The molecule has 0 spiro atoms. The lowest BCUT2D eigenvalue weighted by Gasteiger charge is -2.34. The Hall–Kier alpha value is -3.42. The maximum absolute atomic E-state index is 15.0. The van der Waals surface area contributed by atoms with Gasteiger partial charge in [0.15, 0.2) is 5.78 Å². The molecule has 5 nitrogen and oxygen atoms in total. The highest BCUT2D eigenvalue weighted by Crippen LogP contribution is 2.42. The van der Waals surface area contributed by atoms with Crippen molar-refractivity contribution in [1.82, 2.24) is 5.48 Å². The van der Waals surface area contributed by atoms with Crippen LogP contribution in [0.3, 0.4) is 0 Å². The molecule has 3 rings (SSSR count). The number of nitrogens with one attached hydrogen (secondary N) is 1. The van der Waals surface area contributed by atoms with E-state index in [0.29, 0.717) is 24.0 Å². The Bertz CT molecular complexity index is 1120. The number of rotatable bonds is 13. The average Bonchev–Trinajstić information content (AvgIpc) is 2.90. The number of ether oxygens (including phenoxy) is 1. The Morgan fingerprint density at radius 1 is 0.778 bits per heavy atom. The summed E-state index contributed by atoms with van der Waals surface area (Å²) in [5.41, 5.74) is 1.45. The highest BCUT2D eigenvalue weighted by atomic mass is 19.1. The van der Waals surface area contributed by atoms with E-state index in [9.17, 15) is 9.59 Å². The second-order valence-electron chi connectivity index (χ2n) is 8.65. The third-order valence-electron chi connectivity index (χ3n) is 6.36. The molecule has 1 amide bonds. The molecule has 0 fully saturated rings. The van der Waals surface area contributed by atoms with Crippen LogP contribution in [0.15, 0.2) is 72.8 Å². The Morgan fingerprint density at radius 2 is 1.28 bits per heavy atom. The summed E-state index contributed by atoms with van der Waals surface area (Å²) < 4.78 is 35.9. The van der Waals surface area contributed by atoms with Gasteiger partial charge >= 0.3 is 0 Å². The van der Waals surface area contributed by atoms with Crippen LogP contribution in [0.5, 0.6) is 0 Å². The largest absolute Gasteiger partial charge is 0.364 e. The number of carbonyl (C=O) groups excluding carboxylic acids is 2. The van der Waals surface area contributed by atoms with Gasteiger partial charge in [-0.3, -0.25) is 14.8 Å². The van der Waals surface area contributed by atoms with E-state index in [1.807, 2.05) is 0 Å². The average molecular weight is 496 g/mol. The fourth-order valence-electron chi connectivity index (χ4n) is 4.48. The van der Waals surface area contributed by atoms with Crippen molar-refractivity contribution in [3.63, 3.8) is 0 Å². The van der Waals surface area contributed by atoms with Gasteiger partial charge < -0.3 is 4.74 Å². The first-order chi connectivity index (χ1) is 17.4. The van der Waals surface area contributed by atoms with Crippen LogP contribution in [-0.2, 0) is 15.1 Å². The van der Waals surface area contributed by atoms with Gasteiger partial charge in [-0.25, -0.2) is 14.3 Å². The van der Waals surface area contributed by atoms with Crippen LogP contribution in [0.2, 0.25) is 0 Å². The van der Waals surface area contributed by atoms with E-state index in [4.69, 9.17) is 9.94 Å². The summed E-state index contributed by atoms with van der Waals surface area (Å²) in [6, 6.07) is 18.9. The third-order valence-corrected chi connectivity index (χ3v) is 6.36. The Labute approximate surface area is 210 Å². The topological polar surface area (TPSA) is 75.6 Å². The Kier molecular flexibility index (Phi) is 9.85. The molecular weight excluding hydrogens is 464 g/mol. The van der Waals surface area contributed by atoms with E-state index in [1.54, 1.807) is 66.1 Å². The molecule has 3 aromatic rings. The predicted molar refractivity (Wildman–Crippen MR) is 133 cm³/mol. The molecule has 7 heteroatoms. The number of Topliss-reactive ketones (excluding diaryl/α,β-unsaturated/α-hetero) is 1. The van der Waals surface area contributed by atoms with Crippen molar-refractivity contribution in [3.05, 3.63) is 107 Å². The quantitative estimate of drug-likeness (QED) is 0.0956. The van der Waals surface area contributed by atoms with E-state index in [-0.39, 0.29) is 23.3 Å². The SMILES string of the molecule is COC(c1ccc(C(=O)CCCCCCCC(=O)NO)cc1)(c1ccccc1F)c1ccccc1F. The van der Waals surface area contributed by atoms with Crippen molar-refractivity contribution in [2.24, 2.45) is 0 Å². The number of unbranched alkanes of at least 4 members (excludes halogenated alkanes) is 4. The fraction of sp³-hybridized carbons (Fsp3) is 0.310. The van der Waals surface area contributed by atoms with E-state index in [2.05, 4.69) is 0 Å². The molecule has 0 unspecified atom stereocenters. The molecule has 36 heavy (non-hydrogen) atoms. The minimum atomic E-state index is -1.54. The third kappa shape index (κ3) is 6.22. The summed E-state index contributed by atoms with van der Waals surface area (Å²) in [6.07, 6.45) is 4.68. The molecule has 0 aromatic heterocycles. The number of methoxy groups -OCH3 is 1. The summed E-state index contributed by atoms with van der Waals surface area (Å²) in [6.45, 7) is 0. The van der Waals surface area contributed by atoms with E-state index >= 15 is 8.78 Å².